The summed E-state index contributed by atoms with van der Waals surface area (Å²) in [7, 11) is 0. The Morgan fingerprint density at radius 3 is 2.81 bits per heavy atom. The summed E-state index contributed by atoms with van der Waals surface area (Å²) in [4.78, 5) is 3.91. The number of para-hydroxylation sites is 1. The smallest absolute Gasteiger partial charge is 0.138 e. The lowest BCUT2D eigenvalue weighted by atomic mass is 10.3. The molecule has 0 fully saturated rings. The summed E-state index contributed by atoms with van der Waals surface area (Å²) in [6, 6.07) is 11.0. The van der Waals surface area contributed by atoms with E-state index >= 15 is 0 Å². The van der Waals surface area contributed by atoms with E-state index in [2.05, 4.69) is 4.98 Å². The summed E-state index contributed by atoms with van der Waals surface area (Å²) in [5.41, 5.74) is 6.53. The van der Waals surface area contributed by atoms with Crippen LogP contribution in [-0.4, -0.2) is 4.98 Å². The van der Waals surface area contributed by atoms with E-state index in [0.717, 1.165) is 5.56 Å². The van der Waals surface area contributed by atoms with Crippen LogP contribution in [0.4, 0.5) is 5.82 Å². The van der Waals surface area contributed by atoms with Gasteiger partial charge in [-0.1, -0.05) is 23.7 Å². The predicted molar refractivity (Wildman–Crippen MR) is 64.4 cm³/mol. The zero-order chi connectivity index (χ0) is 11.4. The summed E-state index contributed by atoms with van der Waals surface area (Å²) in [5, 5.41) is 0.601. The lowest BCUT2D eigenvalue weighted by molar-refractivity contribution is 0.306. The van der Waals surface area contributed by atoms with Crippen molar-refractivity contribution in [3.63, 3.8) is 0 Å². The van der Waals surface area contributed by atoms with E-state index in [1.54, 1.807) is 18.3 Å². The van der Waals surface area contributed by atoms with Gasteiger partial charge in [0, 0.05) is 6.20 Å². The third-order valence-corrected chi connectivity index (χ3v) is 2.39. The van der Waals surface area contributed by atoms with Crippen molar-refractivity contribution in [2.75, 3.05) is 5.73 Å². The van der Waals surface area contributed by atoms with Crippen LogP contribution < -0.4 is 10.5 Å². The first kappa shape index (κ1) is 10.8. The number of ether oxygens (including phenoxy) is 1. The highest BCUT2D eigenvalue weighted by molar-refractivity contribution is 6.32. The Morgan fingerprint density at radius 2 is 2.06 bits per heavy atom. The van der Waals surface area contributed by atoms with Crippen molar-refractivity contribution in [3.05, 3.63) is 53.2 Å². The molecule has 0 saturated carbocycles. The Morgan fingerprint density at radius 1 is 1.25 bits per heavy atom. The number of benzene rings is 1. The van der Waals surface area contributed by atoms with Crippen molar-refractivity contribution in [1.29, 1.82) is 0 Å². The molecule has 16 heavy (non-hydrogen) atoms. The quantitative estimate of drug-likeness (QED) is 0.888. The number of nitrogen functional groups attached to an aromatic ring is 1. The van der Waals surface area contributed by atoms with Crippen LogP contribution in [-0.2, 0) is 6.61 Å². The maximum absolute atomic E-state index is 5.96. The monoisotopic (exact) mass is 234 g/mol. The molecule has 1 aromatic heterocycles. The molecule has 82 valence electrons. The number of hydrogen-bond donors (Lipinski definition) is 1. The molecule has 1 aromatic carbocycles. The summed E-state index contributed by atoms with van der Waals surface area (Å²) in [6.07, 6.45) is 1.65. The van der Waals surface area contributed by atoms with Gasteiger partial charge in [-0.15, -0.1) is 0 Å². The number of pyridine rings is 1. The predicted octanol–water partition coefficient (Wildman–Crippen LogP) is 2.90. The maximum Gasteiger partial charge on any atom is 0.138 e. The molecule has 4 heteroatoms. The number of halogens is 1. The van der Waals surface area contributed by atoms with Crippen molar-refractivity contribution < 1.29 is 4.74 Å². The van der Waals surface area contributed by atoms with Crippen LogP contribution in [0.5, 0.6) is 5.75 Å². The lowest BCUT2D eigenvalue weighted by Gasteiger charge is -2.07. The van der Waals surface area contributed by atoms with Crippen LogP contribution in [0.25, 0.3) is 0 Å². The molecule has 0 saturated heterocycles. The number of nitrogens with zero attached hydrogens (tertiary/aromatic N) is 1. The van der Waals surface area contributed by atoms with E-state index in [0.29, 0.717) is 23.2 Å². The van der Waals surface area contributed by atoms with Crippen molar-refractivity contribution in [2.45, 2.75) is 6.61 Å². The average Bonchev–Trinajstić information content (AvgIpc) is 2.28. The van der Waals surface area contributed by atoms with Gasteiger partial charge in [-0.05, 0) is 29.8 Å². The van der Waals surface area contributed by atoms with E-state index in [1.165, 1.54) is 0 Å². The number of anilines is 1. The fourth-order valence-corrected chi connectivity index (χ4v) is 1.50. The van der Waals surface area contributed by atoms with E-state index in [4.69, 9.17) is 22.1 Å². The first-order valence-electron chi connectivity index (χ1n) is 4.83. The molecule has 0 aliphatic rings. The molecule has 0 unspecified atom stereocenters. The Kier molecular flexibility index (Phi) is 3.27. The van der Waals surface area contributed by atoms with Gasteiger partial charge in [0.15, 0.2) is 0 Å². The summed E-state index contributed by atoms with van der Waals surface area (Å²) in [6.45, 7) is 0.427. The highest BCUT2D eigenvalue weighted by Gasteiger charge is 2.00. The second kappa shape index (κ2) is 4.86. The Labute approximate surface area is 98.8 Å². The van der Waals surface area contributed by atoms with Gasteiger partial charge in [0.2, 0.25) is 0 Å². The van der Waals surface area contributed by atoms with Gasteiger partial charge in [-0.25, -0.2) is 4.98 Å². The molecule has 2 rings (SSSR count). The molecule has 0 atom stereocenters. The first-order valence-corrected chi connectivity index (χ1v) is 5.21. The topological polar surface area (TPSA) is 48.1 Å². The van der Waals surface area contributed by atoms with Crippen LogP contribution in [0.2, 0.25) is 5.02 Å². The van der Waals surface area contributed by atoms with Crippen LogP contribution in [0, 0.1) is 0 Å². The first-order chi connectivity index (χ1) is 7.75. The van der Waals surface area contributed by atoms with Crippen LogP contribution >= 0.6 is 11.6 Å². The molecular weight excluding hydrogens is 224 g/mol. The summed E-state index contributed by atoms with van der Waals surface area (Å²) in [5.74, 6) is 1.15. The van der Waals surface area contributed by atoms with Crippen molar-refractivity contribution in [3.8, 4) is 5.75 Å². The molecule has 0 radical (unpaired) electrons. The molecule has 1 heterocycles. The van der Waals surface area contributed by atoms with Gasteiger partial charge in [-0.2, -0.15) is 0 Å². The third kappa shape index (κ3) is 2.64. The highest BCUT2D eigenvalue weighted by atomic mass is 35.5. The van der Waals surface area contributed by atoms with Crippen molar-refractivity contribution >= 4 is 17.4 Å². The molecule has 0 aliphatic carbocycles. The molecule has 3 nitrogen and oxygen atoms in total. The minimum atomic E-state index is 0.427. The van der Waals surface area contributed by atoms with E-state index in [9.17, 15) is 0 Å². The lowest BCUT2D eigenvalue weighted by Crippen LogP contribution is -1.98. The fourth-order valence-electron chi connectivity index (χ4n) is 1.31. The van der Waals surface area contributed by atoms with E-state index < -0.39 is 0 Å². The zero-order valence-corrected chi connectivity index (χ0v) is 9.32. The standard InChI is InChI=1S/C12H11ClN2O/c13-10-3-1-2-4-11(10)16-8-9-5-6-15-12(14)7-9/h1-7H,8H2,(H2,14,15). The van der Waals surface area contributed by atoms with E-state index in [1.807, 2.05) is 24.3 Å². The number of aromatic nitrogens is 1. The van der Waals surface area contributed by atoms with Crippen LogP contribution in [0.1, 0.15) is 5.56 Å². The molecule has 2 N–H and O–H groups in total. The van der Waals surface area contributed by atoms with Crippen molar-refractivity contribution in [1.82, 2.24) is 4.98 Å². The molecule has 2 aromatic rings. The van der Waals surface area contributed by atoms with Crippen LogP contribution in [0.3, 0.4) is 0 Å². The van der Waals surface area contributed by atoms with Gasteiger partial charge in [0.05, 0.1) is 5.02 Å². The van der Waals surface area contributed by atoms with Gasteiger partial charge < -0.3 is 10.5 Å². The van der Waals surface area contributed by atoms with Gasteiger partial charge in [-0.3, -0.25) is 0 Å². The maximum atomic E-state index is 5.96. The molecule has 0 amide bonds. The SMILES string of the molecule is Nc1cc(COc2ccccc2Cl)ccn1. The Balaban J connectivity index is 2.05. The summed E-state index contributed by atoms with van der Waals surface area (Å²) < 4.78 is 5.56. The Hall–Kier alpha value is -1.74. The fraction of sp³-hybridized carbons (Fsp3) is 0.0833. The average molecular weight is 235 g/mol. The van der Waals surface area contributed by atoms with Gasteiger partial charge in [0.1, 0.15) is 18.2 Å². The number of rotatable bonds is 3. The van der Waals surface area contributed by atoms with Gasteiger partial charge >= 0.3 is 0 Å². The minimum Gasteiger partial charge on any atom is -0.487 e. The molecular formula is C12H11ClN2O. The second-order valence-corrected chi connectivity index (χ2v) is 3.72. The molecule has 0 aliphatic heterocycles. The second-order valence-electron chi connectivity index (χ2n) is 3.31. The largest absolute Gasteiger partial charge is 0.487 e. The summed E-state index contributed by atoms with van der Waals surface area (Å²) >= 11 is 5.96. The Bertz CT molecular complexity index is 488. The molecule has 0 bridgehead atoms. The molecule has 0 spiro atoms. The third-order valence-electron chi connectivity index (χ3n) is 2.08. The zero-order valence-electron chi connectivity index (χ0n) is 8.56. The minimum absolute atomic E-state index is 0.427. The van der Waals surface area contributed by atoms with Crippen LogP contribution in [0.15, 0.2) is 42.6 Å². The van der Waals surface area contributed by atoms with E-state index in [-0.39, 0.29) is 0 Å². The number of nitrogens with two attached hydrogens (primary N) is 1. The normalized spacial score (nSPS) is 10.1. The van der Waals surface area contributed by atoms with Gasteiger partial charge in [0.25, 0.3) is 0 Å². The van der Waals surface area contributed by atoms with Crippen molar-refractivity contribution in [2.24, 2.45) is 0 Å². The number of hydrogen-bond acceptors (Lipinski definition) is 3. The highest BCUT2D eigenvalue weighted by Crippen LogP contribution is 2.24.